The Hall–Kier alpha value is -1.00. The van der Waals surface area contributed by atoms with E-state index in [1.807, 2.05) is 12.1 Å². The summed E-state index contributed by atoms with van der Waals surface area (Å²) in [6, 6.07) is 8.33. The predicted octanol–water partition coefficient (Wildman–Crippen LogP) is 2.40. The van der Waals surface area contributed by atoms with Crippen LogP contribution < -0.4 is 0 Å². The number of ether oxygens (including phenoxy) is 1. The van der Waals surface area contributed by atoms with Crippen molar-refractivity contribution in [2.75, 3.05) is 32.1 Å². The number of hydrogen-bond donors (Lipinski definition) is 1. The zero-order valence-electron chi connectivity index (χ0n) is 10.1. The largest absolute Gasteiger partial charge is 0.378 e. The zero-order chi connectivity index (χ0) is 12.1. The minimum Gasteiger partial charge on any atom is -0.378 e. The number of aryl methyl sites for hydroxylation is 1. The highest BCUT2D eigenvalue weighted by molar-refractivity contribution is 8.00. The van der Waals surface area contributed by atoms with Crippen molar-refractivity contribution in [1.82, 2.24) is 4.90 Å². The maximum absolute atomic E-state index is 8.05. The second-order valence-corrected chi connectivity index (χ2v) is 5.12. The maximum Gasteiger partial charge on any atom is 0.106 e. The molecule has 2 rings (SSSR count). The molecular formula is C13H18N2OS. The third-order valence-electron chi connectivity index (χ3n) is 2.85. The predicted molar refractivity (Wildman–Crippen MR) is 72.0 cm³/mol. The maximum atomic E-state index is 8.05. The van der Waals surface area contributed by atoms with E-state index >= 15 is 0 Å². The smallest absolute Gasteiger partial charge is 0.106 e. The van der Waals surface area contributed by atoms with Gasteiger partial charge in [-0.05, 0) is 18.6 Å². The van der Waals surface area contributed by atoms with Crippen molar-refractivity contribution < 1.29 is 4.74 Å². The van der Waals surface area contributed by atoms with Crippen LogP contribution in [0, 0.1) is 12.3 Å². The van der Waals surface area contributed by atoms with Gasteiger partial charge in [0, 0.05) is 18.0 Å². The van der Waals surface area contributed by atoms with Gasteiger partial charge in [0.2, 0.25) is 0 Å². The van der Waals surface area contributed by atoms with Crippen LogP contribution in [-0.2, 0) is 4.74 Å². The number of benzene rings is 1. The van der Waals surface area contributed by atoms with E-state index in [4.69, 9.17) is 10.1 Å². The molecule has 0 bridgehead atoms. The van der Waals surface area contributed by atoms with Crippen molar-refractivity contribution in [3.63, 3.8) is 0 Å². The molecule has 1 aromatic rings. The molecular weight excluding hydrogens is 232 g/mol. The monoisotopic (exact) mass is 250 g/mol. The first-order chi connectivity index (χ1) is 8.27. The van der Waals surface area contributed by atoms with E-state index in [1.165, 1.54) is 10.5 Å². The van der Waals surface area contributed by atoms with Crippen LogP contribution >= 0.6 is 11.8 Å². The van der Waals surface area contributed by atoms with Crippen LogP contribution in [0.15, 0.2) is 29.2 Å². The molecule has 3 nitrogen and oxygen atoms in total. The number of nitrogens with zero attached hydrogens (tertiary/aromatic N) is 1. The minimum absolute atomic E-state index is 0.710. The van der Waals surface area contributed by atoms with Gasteiger partial charge in [-0.15, -0.1) is 11.8 Å². The molecule has 1 saturated heterocycles. The Morgan fingerprint density at radius 1 is 1.35 bits per heavy atom. The molecule has 0 atom stereocenters. The Kier molecular flexibility index (Phi) is 4.45. The van der Waals surface area contributed by atoms with Gasteiger partial charge < -0.3 is 9.64 Å². The lowest BCUT2D eigenvalue weighted by atomic mass is 10.2. The van der Waals surface area contributed by atoms with E-state index in [-0.39, 0.29) is 0 Å². The Balaban J connectivity index is 1.85. The second kappa shape index (κ2) is 6.07. The van der Waals surface area contributed by atoms with E-state index in [0.717, 1.165) is 32.1 Å². The molecule has 1 aromatic carbocycles. The topological polar surface area (TPSA) is 36.3 Å². The van der Waals surface area contributed by atoms with Crippen LogP contribution in [-0.4, -0.2) is 42.8 Å². The highest BCUT2D eigenvalue weighted by Crippen LogP contribution is 2.22. The summed E-state index contributed by atoms with van der Waals surface area (Å²) in [4.78, 5) is 3.37. The Bertz CT molecular complexity index is 389. The van der Waals surface area contributed by atoms with Gasteiger partial charge in [-0.3, -0.25) is 5.41 Å². The van der Waals surface area contributed by atoms with Crippen LogP contribution in [0.3, 0.4) is 0 Å². The summed E-state index contributed by atoms with van der Waals surface area (Å²) >= 11 is 1.74. The van der Waals surface area contributed by atoms with Gasteiger partial charge in [-0.1, -0.05) is 18.2 Å². The van der Waals surface area contributed by atoms with Gasteiger partial charge in [0.05, 0.1) is 19.0 Å². The van der Waals surface area contributed by atoms with E-state index in [0.29, 0.717) is 5.84 Å². The molecule has 0 unspecified atom stereocenters. The summed E-state index contributed by atoms with van der Waals surface area (Å²) in [6.45, 7) is 5.32. The Morgan fingerprint density at radius 3 is 2.76 bits per heavy atom. The minimum atomic E-state index is 0.710. The fraction of sp³-hybridized carbons (Fsp3) is 0.462. The molecule has 92 valence electrons. The summed E-state index contributed by atoms with van der Waals surface area (Å²) < 4.78 is 5.29. The van der Waals surface area contributed by atoms with Crippen molar-refractivity contribution in [2.24, 2.45) is 0 Å². The van der Waals surface area contributed by atoms with Crippen molar-refractivity contribution in [3.8, 4) is 0 Å². The molecule has 0 amide bonds. The van der Waals surface area contributed by atoms with E-state index < -0.39 is 0 Å². The lowest BCUT2D eigenvalue weighted by Crippen LogP contribution is -2.41. The summed E-state index contributed by atoms with van der Waals surface area (Å²) in [5, 5.41) is 8.05. The summed E-state index contributed by atoms with van der Waals surface area (Å²) in [5.41, 5.74) is 1.28. The number of rotatable bonds is 3. The van der Waals surface area contributed by atoms with Crippen LogP contribution in [0.25, 0.3) is 0 Å². The molecule has 1 fully saturated rings. The molecule has 1 aliphatic heterocycles. The number of amidine groups is 1. The quantitative estimate of drug-likeness (QED) is 0.508. The molecule has 1 heterocycles. The third-order valence-corrected chi connectivity index (χ3v) is 4.04. The molecule has 0 spiro atoms. The highest BCUT2D eigenvalue weighted by atomic mass is 32.2. The molecule has 17 heavy (non-hydrogen) atoms. The average Bonchev–Trinajstić information content (AvgIpc) is 2.38. The molecule has 1 aliphatic rings. The number of nitrogens with one attached hydrogen (secondary N) is 1. The van der Waals surface area contributed by atoms with E-state index in [1.54, 1.807) is 11.8 Å². The van der Waals surface area contributed by atoms with E-state index in [2.05, 4.69) is 24.0 Å². The fourth-order valence-electron chi connectivity index (χ4n) is 1.79. The third kappa shape index (κ3) is 3.48. The van der Waals surface area contributed by atoms with Crippen LogP contribution in [0.4, 0.5) is 0 Å². The van der Waals surface area contributed by atoms with E-state index in [9.17, 15) is 0 Å². The number of morpholine rings is 1. The van der Waals surface area contributed by atoms with Gasteiger partial charge in [0.25, 0.3) is 0 Å². The molecule has 0 aromatic heterocycles. The van der Waals surface area contributed by atoms with Crippen LogP contribution in [0.1, 0.15) is 5.56 Å². The van der Waals surface area contributed by atoms with Crippen molar-refractivity contribution in [2.45, 2.75) is 11.8 Å². The van der Waals surface area contributed by atoms with Gasteiger partial charge in [-0.2, -0.15) is 0 Å². The van der Waals surface area contributed by atoms with Gasteiger partial charge in [0.15, 0.2) is 0 Å². The molecule has 0 aliphatic carbocycles. The van der Waals surface area contributed by atoms with Crippen LogP contribution in [0.2, 0.25) is 0 Å². The molecule has 0 saturated carbocycles. The molecule has 1 N–H and O–H groups in total. The number of hydrogen-bond acceptors (Lipinski definition) is 3. The lowest BCUT2D eigenvalue weighted by Gasteiger charge is -2.28. The first-order valence-electron chi connectivity index (χ1n) is 5.86. The normalized spacial score (nSPS) is 15.9. The molecule has 4 heteroatoms. The standard InChI is InChI=1S/C13H18N2OS/c1-11-4-2-3-5-12(11)17-10-13(14)15-6-8-16-9-7-15/h2-5,14H,6-10H2,1H3. The van der Waals surface area contributed by atoms with Gasteiger partial charge in [0.1, 0.15) is 5.84 Å². The first kappa shape index (κ1) is 12.5. The zero-order valence-corrected chi connectivity index (χ0v) is 10.9. The SMILES string of the molecule is Cc1ccccc1SCC(=N)N1CCOCC1. The van der Waals surface area contributed by atoms with Crippen molar-refractivity contribution >= 4 is 17.6 Å². The van der Waals surface area contributed by atoms with Gasteiger partial charge >= 0.3 is 0 Å². The Morgan fingerprint density at radius 2 is 2.06 bits per heavy atom. The second-order valence-electron chi connectivity index (χ2n) is 4.10. The lowest BCUT2D eigenvalue weighted by molar-refractivity contribution is 0.0676. The average molecular weight is 250 g/mol. The first-order valence-corrected chi connectivity index (χ1v) is 6.84. The summed E-state index contributed by atoms with van der Waals surface area (Å²) in [5.74, 6) is 1.45. The van der Waals surface area contributed by atoms with Crippen molar-refractivity contribution in [3.05, 3.63) is 29.8 Å². The summed E-state index contributed by atoms with van der Waals surface area (Å²) in [7, 11) is 0. The summed E-state index contributed by atoms with van der Waals surface area (Å²) in [6.07, 6.45) is 0. The fourth-order valence-corrected chi connectivity index (χ4v) is 2.73. The van der Waals surface area contributed by atoms with Gasteiger partial charge in [-0.25, -0.2) is 0 Å². The highest BCUT2D eigenvalue weighted by Gasteiger charge is 2.13. The van der Waals surface area contributed by atoms with Crippen molar-refractivity contribution in [1.29, 1.82) is 5.41 Å². The van der Waals surface area contributed by atoms with Crippen LogP contribution in [0.5, 0.6) is 0 Å². The number of thioether (sulfide) groups is 1. The Labute approximate surface area is 107 Å². The molecule has 0 radical (unpaired) electrons.